The smallest absolute Gasteiger partial charge is 0.229 e. The molecule has 3 rings (SSSR count). The molecule has 0 saturated carbocycles. The van der Waals surface area contributed by atoms with Gasteiger partial charge >= 0.3 is 0 Å². The maximum atomic E-state index is 12.4. The van der Waals surface area contributed by atoms with Crippen molar-refractivity contribution in [3.05, 3.63) is 29.3 Å². The van der Waals surface area contributed by atoms with Gasteiger partial charge in [0.15, 0.2) is 0 Å². The molecule has 0 radical (unpaired) electrons. The second-order valence-corrected chi connectivity index (χ2v) is 8.16. The van der Waals surface area contributed by atoms with Gasteiger partial charge in [-0.25, -0.2) is 0 Å². The number of aliphatic hydroxyl groups is 1. The molecule has 4 nitrogen and oxygen atoms in total. The van der Waals surface area contributed by atoms with E-state index >= 15 is 0 Å². The van der Waals surface area contributed by atoms with Gasteiger partial charge in [0, 0.05) is 31.2 Å². The Labute approximate surface area is 151 Å². The van der Waals surface area contributed by atoms with Crippen molar-refractivity contribution in [1.82, 2.24) is 4.90 Å². The third-order valence-electron chi connectivity index (χ3n) is 5.54. The first kappa shape index (κ1) is 18.4. The highest BCUT2D eigenvalue weighted by atomic mass is 16.3. The SMILES string of the molecule is CC(C)C(=O)N1CCCc2cc([C@H](O)CN3CCC[C@H](C)C3)ccc21. The van der Waals surface area contributed by atoms with Crippen LogP contribution >= 0.6 is 0 Å². The topological polar surface area (TPSA) is 43.8 Å². The van der Waals surface area contributed by atoms with Gasteiger partial charge in [-0.15, -0.1) is 0 Å². The molecule has 1 saturated heterocycles. The average Bonchev–Trinajstić information content (AvgIpc) is 2.60. The molecule has 0 bridgehead atoms. The Morgan fingerprint density at radius 1 is 1.28 bits per heavy atom. The third-order valence-corrected chi connectivity index (χ3v) is 5.54. The molecule has 1 N–H and O–H groups in total. The van der Waals surface area contributed by atoms with Gasteiger partial charge in [-0.3, -0.25) is 4.79 Å². The van der Waals surface area contributed by atoms with Crippen LogP contribution in [0.1, 0.15) is 57.3 Å². The number of likely N-dealkylation sites (tertiary alicyclic amines) is 1. The van der Waals surface area contributed by atoms with Gasteiger partial charge in [-0.05, 0) is 55.3 Å². The molecule has 2 aliphatic rings. The van der Waals surface area contributed by atoms with E-state index < -0.39 is 6.10 Å². The monoisotopic (exact) mass is 344 g/mol. The molecular formula is C21H32N2O2. The predicted molar refractivity (Wildman–Crippen MR) is 102 cm³/mol. The molecule has 2 heterocycles. The second kappa shape index (κ2) is 7.88. The van der Waals surface area contributed by atoms with E-state index in [4.69, 9.17) is 0 Å². The van der Waals surface area contributed by atoms with Crippen molar-refractivity contribution >= 4 is 11.6 Å². The molecule has 138 valence electrons. The van der Waals surface area contributed by atoms with Crippen LogP contribution in [0.5, 0.6) is 0 Å². The number of aliphatic hydroxyl groups excluding tert-OH is 1. The van der Waals surface area contributed by atoms with E-state index in [0.717, 1.165) is 49.6 Å². The Bertz CT molecular complexity index is 614. The number of carbonyl (C=O) groups is 1. The Morgan fingerprint density at radius 3 is 2.80 bits per heavy atom. The van der Waals surface area contributed by atoms with Gasteiger partial charge in [-0.1, -0.05) is 32.9 Å². The number of hydrogen-bond donors (Lipinski definition) is 1. The van der Waals surface area contributed by atoms with Crippen LogP contribution < -0.4 is 4.90 Å². The minimum absolute atomic E-state index is 0.0114. The number of anilines is 1. The lowest BCUT2D eigenvalue weighted by atomic mass is 9.95. The van der Waals surface area contributed by atoms with Gasteiger partial charge in [0.1, 0.15) is 0 Å². The fourth-order valence-corrected chi connectivity index (χ4v) is 4.17. The van der Waals surface area contributed by atoms with E-state index in [9.17, 15) is 9.90 Å². The Balaban J connectivity index is 1.73. The zero-order valence-corrected chi connectivity index (χ0v) is 15.9. The Hall–Kier alpha value is -1.39. The summed E-state index contributed by atoms with van der Waals surface area (Å²) in [6.07, 6.45) is 4.05. The van der Waals surface area contributed by atoms with Crippen molar-refractivity contribution in [3.8, 4) is 0 Å². The molecule has 1 aromatic carbocycles. The number of amides is 1. The lowest BCUT2D eigenvalue weighted by Gasteiger charge is -2.33. The molecule has 1 fully saturated rings. The fraction of sp³-hybridized carbons (Fsp3) is 0.667. The van der Waals surface area contributed by atoms with E-state index in [1.54, 1.807) is 0 Å². The van der Waals surface area contributed by atoms with Gasteiger partial charge in [0.2, 0.25) is 5.91 Å². The molecule has 1 amide bonds. The fourth-order valence-electron chi connectivity index (χ4n) is 4.17. The highest BCUT2D eigenvalue weighted by Crippen LogP contribution is 2.31. The van der Waals surface area contributed by atoms with Crippen LogP contribution in [0.2, 0.25) is 0 Å². The lowest BCUT2D eigenvalue weighted by Crippen LogP contribution is -2.38. The van der Waals surface area contributed by atoms with Crippen LogP contribution in [-0.2, 0) is 11.2 Å². The zero-order valence-electron chi connectivity index (χ0n) is 15.9. The highest BCUT2D eigenvalue weighted by Gasteiger charge is 2.26. The van der Waals surface area contributed by atoms with Crippen LogP contribution in [-0.4, -0.2) is 42.1 Å². The summed E-state index contributed by atoms with van der Waals surface area (Å²) in [5, 5.41) is 10.7. The van der Waals surface area contributed by atoms with Crippen LogP contribution in [0.25, 0.3) is 0 Å². The number of piperidine rings is 1. The van der Waals surface area contributed by atoms with Crippen LogP contribution in [0.15, 0.2) is 18.2 Å². The zero-order chi connectivity index (χ0) is 18.0. The summed E-state index contributed by atoms with van der Waals surface area (Å²) >= 11 is 0. The van der Waals surface area contributed by atoms with E-state index in [-0.39, 0.29) is 11.8 Å². The number of aryl methyl sites for hydroxylation is 1. The van der Waals surface area contributed by atoms with Crippen LogP contribution in [0.4, 0.5) is 5.69 Å². The number of carbonyl (C=O) groups excluding carboxylic acids is 1. The quantitative estimate of drug-likeness (QED) is 0.910. The van der Waals surface area contributed by atoms with Gasteiger partial charge in [0.05, 0.1) is 6.10 Å². The van der Waals surface area contributed by atoms with Crippen molar-refractivity contribution < 1.29 is 9.90 Å². The van der Waals surface area contributed by atoms with Gasteiger partial charge in [0.25, 0.3) is 0 Å². The average molecular weight is 344 g/mol. The Morgan fingerprint density at radius 2 is 2.08 bits per heavy atom. The van der Waals surface area contributed by atoms with Gasteiger partial charge in [-0.2, -0.15) is 0 Å². The molecule has 2 aliphatic heterocycles. The first-order valence-corrected chi connectivity index (χ1v) is 9.80. The van der Waals surface area contributed by atoms with E-state index in [1.165, 1.54) is 18.4 Å². The molecule has 0 aliphatic carbocycles. The largest absolute Gasteiger partial charge is 0.387 e. The van der Waals surface area contributed by atoms with E-state index in [2.05, 4.69) is 17.9 Å². The van der Waals surface area contributed by atoms with Crippen LogP contribution in [0, 0.1) is 11.8 Å². The first-order valence-electron chi connectivity index (χ1n) is 9.80. The molecule has 4 heteroatoms. The number of hydrogen-bond acceptors (Lipinski definition) is 3. The maximum absolute atomic E-state index is 12.4. The first-order chi connectivity index (χ1) is 12.0. The maximum Gasteiger partial charge on any atom is 0.229 e. The summed E-state index contributed by atoms with van der Waals surface area (Å²) in [7, 11) is 0. The molecule has 0 spiro atoms. The number of fused-ring (bicyclic) bond motifs is 1. The number of nitrogens with zero attached hydrogens (tertiary/aromatic N) is 2. The second-order valence-electron chi connectivity index (χ2n) is 8.16. The van der Waals surface area contributed by atoms with E-state index in [0.29, 0.717) is 6.54 Å². The molecule has 0 unspecified atom stereocenters. The third kappa shape index (κ3) is 4.24. The lowest BCUT2D eigenvalue weighted by molar-refractivity contribution is -0.121. The van der Waals surface area contributed by atoms with E-state index in [1.807, 2.05) is 30.9 Å². The molecule has 0 aromatic heterocycles. The number of benzene rings is 1. The molecule has 1 aromatic rings. The normalized spacial score (nSPS) is 22.8. The summed E-state index contributed by atoms with van der Waals surface area (Å²) < 4.78 is 0. The highest BCUT2D eigenvalue weighted by molar-refractivity contribution is 5.95. The van der Waals surface area contributed by atoms with Crippen molar-refractivity contribution in [3.63, 3.8) is 0 Å². The number of rotatable bonds is 4. The van der Waals surface area contributed by atoms with Crippen molar-refractivity contribution in [2.75, 3.05) is 31.1 Å². The number of β-amino-alcohol motifs (C(OH)–C–C–N with tert-alkyl or cyclic N) is 1. The predicted octanol–water partition coefficient (Wildman–Crippen LogP) is 3.39. The van der Waals surface area contributed by atoms with Crippen LogP contribution in [0.3, 0.4) is 0 Å². The summed E-state index contributed by atoms with van der Waals surface area (Å²) in [6.45, 7) is 9.87. The standard InChI is InChI=1S/C21H32N2O2/c1-15(2)21(25)23-11-5-7-17-12-18(8-9-19(17)23)20(24)14-22-10-4-6-16(3)13-22/h8-9,12,15-16,20,24H,4-7,10-11,13-14H2,1-3H3/t16-,20+/m0/s1. The summed E-state index contributed by atoms with van der Waals surface area (Å²) in [5.41, 5.74) is 3.21. The molecule has 25 heavy (non-hydrogen) atoms. The summed E-state index contributed by atoms with van der Waals surface area (Å²) in [6, 6.07) is 6.15. The van der Waals surface area contributed by atoms with Gasteiger partial charge < -0.3 is 14.9 Å². The Kier molecular flexibility index (Phi) is 5.80. The minimum Gasteiger partial charge on any atom is -0.387 e. The van der Waals surface area contributed by atoms with Crippen molar-refractivity contribution in [1.29, 1.82) is 0 Å². The van der Waals surface area contributed by atoms with Crippen molar-refractivity contribution in [2.24, 2.45) is 11.8 Å². The summed E-state index contributed by atoms with van der Waals surface area (Å²) in [4.78, 5) is 16.7. The molecular weight excluding hydrogens is 312 g/mol. The summed E-state index contributed by atoms with van der Waals surface area (Å²) in [5.74, 6) is 0.925. The molecule has 2 atom stereocenters. The minimum atomic E-state index is -0.452. The van der Waals surface area contributed by atoms with Crippen molar-refractivity contribution in [2.45, 2.75) is 52.6 Å².